The van der Waals surface area contributed by atoms with Gasteiger partial charge in [0.2, 0.25) is 0 Å². The molecule has 0 amide bonds. The van der Waals surface area contributed by atoms with Gasteiger partial charge < -0.3 is 5.73 Å². The van der Waals surface area contributed by atoms with Crippen LogP contribution in [0, 0.1) is 6.92 Å². The molecule has 0 spiro atoms. The molecule has 5 heteroatoms. The van der Waals surface area contributed by atoms with Crippen LogP contribution in [0.2, 0.25) is 5.02 Å². The molecule has 0 saturated carbocycles. The summed E-state index contributed by atoms with van der Waals surface area (Å²) < 4.78 is 0. The Morgan fingerprint density at radius 3 is 2.69 bits per heavy atom. The van der Waals surface area contributed by atoms with E-state index in [9.17, 15) is 0 Å². The monoisotopic (exact) mass is 253 g/mol. The molecular weight excluding hydrogens is 242 g/mol. The van der Waals surface area contributed by atoms with Gasteiger partial charge in [-0.05, 0) is 31.5 Å². The Hall–Kier alpha value is -0.970. The van der Waals surface area contributed by atoms with E-state index in [1.54, 1.807) is 0 Å². The van der Waals surface area contributed by atoms with E-state index < -0.39 is 0 Å². The number of aromatic nitrogens is 2. The van der Waals surface area contributed by atoms with E-state index in [4.69, 9.17) is 17.3 Å². The van der Waals surface area contributed by atoms with Gasteiger partial charge in [-0.2, -0.15) is 0 Å². The zero-order chi connectivity index (χ0) is 11.7. The van der Waals surface area contributed by atoms with Gasteiger partial charge in [-0.1, -0.05) is 29.0 Å². The predicted octanol–water partition coefficient (Wildman–Crippen LogP) is 3.19. The molecule has 2 rings (SSSR count). The minimum atomic E-state index is -0.0698. The molecule has 0 aliphatic heterocycles. The largest absolute Gasteiger partial charge is 0.322 e. The smallest absolute Gasteiger partial charge is 0.147 e. The lowest BCUT2D eigenvalue weighted by atomic mass is 10.1. The van der Waals surface area contributed by atoms with Crippen molar-refractivity contribution in [1.82, 2.24) is 10.2 Å². The number of aryl methyl sites for hydroxylation is 1. The van der Waals surface area contributed by atoms with Gasteiger partial charge >= 0.3 is 0 Å². The molecule has 2 N–H and O–H groups in total. The summed E-state index contributed by atoms with van der Waals surface area (Å²) in [4.78, 5) is 0. The van der Waals surface area contributed by atoms with Crippen LogP contribution in [0.4, 0.5) is 0 Å². The summed E-state index contributed by atoms with van der Waals surface area (Å²) in [5.74, 6) is 0. The van der Waals surface area contributed by atoms with E-state index in [0.717, 1.165) is 26.2 Å². The first kappa shape index (κ1) is 11.5. The molecule has 1 unspecified atom stereocenters. The Morgan fingerprint density at radius 1 is 1.38 bits per heavy atom. The first-order valence-electron chi connectivity index (χ1n) is 4.93. The Bertz CT molecular complexity index is 508. The highest BCUT2D eigenvalue weighted by Gasteiger charge is 2.10. The van der Waals surface area contributed by atoms with Crippen LogP contribution in [0.3, 0.4) is 0 Å². The highest BCUT2D eigenvalue weighted by atomic mass is 35.5. The minimum Gasteiger partial charge on any atom is -0.322 e. The first-order valence-corrected chi connectivity index (χ1v) is 6.13. The van der Waals surface area contributed by atoms with Crippen LogP contribution >= 0.6 is 22.9 Å². The van der Waals surface area contributed by atoms with E-state index in [-0.39, 0.29) is 6.04 Å². The summed E-state index contributed by atoms with van der Waals surface area (Å²) in [6, 6.07) is 5.76. The lowest BCUT2D eigenvalue weighted by molar-refractivity contribution is 0.786. The molecule has 16 heavy (non-hydrogen) atoms. The molecular formula is C11H12ClN3S. The van der Waals surface area contributed by atoms with Gasteiger partial charge in [0, 0.05) is 10.6 Å². The number of benzene rings is 1. The maximum Gasteiger partial charge on any atom is 0.147 e. The van der Waals surface area contributed by atoms with Gasteiger partial charge in [0.15, 0.2) is 0 Å². The van der Waals surface area contributed by atoms with Crippen molar-refractivity contribution in [2.24, 2.45) is 5.73 Å². The lowest BCUT2D eigenvalue weighted by Gasteiger charge is -2.00. The van der Waals surface area contributed by atoms with Crippen molar-refractivity contribution in [3.63, 3.8) is 0 Å². The predicted molar refractivity (Wildman–Crippen MR) is 67.7 cm³/mol. The summed E-state index contributed by atoms with van der Waals surface area (Å²) in [5, 5.41) is 10.7. The van der Waals surface area contributed by atoms with Crippen LogP contribution in [-0.2, 0) is 0 Å². The molecule has 0 fully saturated rings. The molecule has 0 saturated heterocycles. The second kappa shape index (κ2) is 4.49. The summed E-state index contributed by atoms with van der Waals surface area (Å²) >= 11 is 7.49. The number of hydrogen-bond acceptors (Lipinski definition) is 4. The lowest BCUT2D eigenvalue weighted by Crippen LogP contribution is -2.03. The molecule has 84 valence electrons. The standard InChI is InChI=1S/C11H12ClN3S/c1-6-5-8(3-4-9(6)12)11-15-14-10(16-11)7(2)13/h3-5,7H,13H2,1-2H3. The number of nitrogens with two attached hydrogens (primary N) is 1. The Kier molecular flexibility index (Phi) is 3.23. The Morgan fingerprint density at radius 2 is 2.12 bits per heavy atom. The minimum absolute atomic E-state index is 0.0698. The molecule has 0 aliphatic carbocycles. The molecule has 1 heterocycles. The fourth-order valence-corrected chi connectivity index (χ4v) is 2.22. The number of nitrogens with zero attached hydrogens (tertiary/aromatic N) is 2. The molecule has 0 bridgehead atoms. The van der Waals surface area contributed by atoms with Gasteiger partial charge in [0.1, 0.15) is 10.0 Å². The van der Waals surface area contributed by atoms with Crippen molar-refractivity contribution in [3.05, 3.63) is 33.8 Å². The van der Waals surface area contributed by atoms with Gasteiger partial charge in [0.25, 0.3) is 0 Å². The number of hydrogen-bond donors (Lipinski definition) is 1. The van der Waals surface area contributed by atoms with Gasteiger partial charge in [-0.25, -0.2) is 0 Å². The van der Waals surface area contributed by atoms with Crippen LogP contribution in [-0.4, -0.2) is 10.2 Å². The topological polar surface area (TPSA) is 51.8 Å². The Labute approximate surface area is 103 Å². The van der Waals surface area contributed by atoms with Crippen LogP contribution < -0.4 is 5.73 Å². The van der Waals surface area contributed by atoms with E-state index in [1.165, 1.54) is 11.3 Å². The van der Waals surface area contributed by atoms with Crippen LogP contribution in [0.25, 0.3) is 10.6 Å². The third-order valence-corrected chi connectivity index (χ3v) is 3.83. The molecule has 0 radical (unpaired) electrons. The SMILES string of the molecule is Cc1cc(-c2nnc(C(C)N)s2)ccc1Cl. The number of halogens is 1. The van der Waals surface area contributed by atoms with Crippen LogP contribution in [0.15, 0.2) is 18.2 Å². The zero-order valence-corrected chi connectivity index (χ0v) is 10.6. The van der Waals surface area contributed by atoms with Crippen LogP contribution in [0.5, 0.6) is 0 Å². The van der Waals surface area contributed by atoms with Crippen LogP contribution in [0.1, 0.15) is 23.5 Å². The zero-order valence-electron chi connectivity index (χ0n) is 9.07. The fraction of sp³-hybridized carbons (Fsp3) is 0.273. The van der Waals surface area contributed by atoms with E-state index in [2.05, 4.69) is 10.2 Å². The molecule has 1 aromatic heterocycles. The van der Waals surface area contributed by atoms with Crippen molar-refractivity contribution in [2.45, 2.75) is 19.9 Å². The highest BCUT2D eigenvalue weighted by Crippen LogP contribution is 2.28. The highest BCUT2D eigenvalue weighted by molar-refractivity contribution is 7.14. The second-order valence-electron chi connectivity index (χ2n) is 3.70. The molecule has 2 aromatic rings. The number of rotatable bonds is 2. The molecule has 1 atom stereocenters. The average Bonchev–Trinajstić information content (AvgIpc) is 2.71. The van der Waals surface area contributed by atoms with Crippen molar-refractivity contribution < 1.29 is 0 Å². The van der Waals surface area contributed by atoms with E-state index in [0.29, 0.717) is 0 Å². The maximum atomic E-state index is 5.97. The van der Waals surface area contributed by atoms with Crippen molar-refractivity contribution in [1.29, 1.82) is 0 Å². The average molecular weight is 254 g/mol. The molecule has 1 aromatic carbocycles. The van der Waals surface area contributed by atoms with Crippen molar-refractivity contribution in [3.8, 4) is 10.6 Å². The maximum absolute atomic E-state index is 5.97. The summed E-state index contributed by atoms with van der Waals surface area (Å²) in [6.07, 6.45) is 0. The van der Waals surface area contributed by atoms with Crippen molar-refractivity contribution >= 4 is 22.9 Å². The fourth-order valence-electron chi connectivity index (χ4n) is 1.31. The summed E-state index contributed by atoms with van der Waals surface area (Å²) in [6.45, 7) is 3.87. The summed E-state index contributed by atoms with van der Waals surface area (Å²) in [5.41, 5.74) is 7.82. The second-order valence-corrected chi connectivity index (χ2v) is 5.11. The quantitative estimate of drug-likeness (QED) is 0.894. The van der Waals surface area contributed by atoms with Crippen molar-refractivity contribution in [2.75, 3.05) is 0 Å². The third-order valence-electron chi connectivity index (χ3n) is 2.24. The third kappa shape index (κ3) is 2.24. The van der Waals surface area contributed by atoms with E-state index >= 15 is 0 Å². The molecule has 0 aliphatic rings. The summed E-state index contributed by atoms with van der Waals surface area (Å²) in [7, 11) is 0. The van der Waals surface area contributed by atoms with Gasteiger partial charge in [-0.3, -0.25) is 0 Å². The van der Waals surface area contributed by atoms with E-state index in [1.807, 2.05) is 32.0 Å². The normalized spacial score (nSPS) is 12.8. The van der Waals surface area contributed by atoms with Gasteiger partial charge in [-0.15, -0.1) is 10.2 Å². The Balaban J connectivity index is 2.39. The first-order chi connectivity index (χ1) is 7.58. The van der Waals surface area contributed by atoms with Gasteiger partial charge in [0.05, 0.1) is 6.04 Å². The molecule has 3 nitrogen and oxygen atoms in total.